The summed E-state index contributed by atoms with van der Waals surface area (Å²) in [5, 5.41) is 0. The lowest BCUT2D eigenvalue weighted by Gasteiger charge is -2.19. The quantitative estimate of drug-likeness (QED) is 0.898. The van der Waals surface area contributed by atoms with Crippen LogP contribution in [0.4, 0.5) is 13.2 Å². The molecule has 0 amide bonds. The third-order valence-electron chi connectivity index (χ3n) is 2.18. The molecule has 1 unspecified atom stereocenters. The Morgan fingerprint density at radius 2 is 1.72 bits per heavy atom. The Kier molecular flexibility index (Phi) is 4.36. The number of benzene rings is 1. The number of hydrogen-bond acceptors (Lipinski definition) is 3. The minimum atomic E-state index is -4.38. The molecule has 8 heteroatoms. The van der Waals surface area contributed by atoms with E-state index in [1.54, 1.807) is 6.92 Å². The number of nitrogens with two attached hydrogens (primary N) is 1. The highest BCUT2D eigenvalue weighted by molar-refractivity contribution is 7.89. The summed E-state index contributed by atoms with van der Waals surface area (Å²) in [6.45, 7) is 1.43. The molecule has 0 bridgehead atoms. The summed E-state index contributed by atoms with van der Waals surface area (Å²) in [6.07, 6.45) is 0. The third-order valence-corrected chi connectivity index (χ3v) is 4.05. The normalized spacial score (nSPS) is 13.9. The molecule has 0 aliphatic heterocycles. The smallest absolute Gasteiger partial charge is 0.248 e. The van der Waals surface area contributed by atoms with Gasteiger partial charge in [0.05, 0.1) is 0 Å². The molecule has 0 saturated carbocycles. The minimum Gasteiger partial charge on any atom is -0.327 e. The van der Waals surface area contributed by atoms with E-state index in [0.29, 0.717) is 12.1 Å². The first-order chi connectivity index (χ1) is 8.16. The predicted molar refractivity (Wildman–Crippen MR) is 59.8 cm³/mol. The first-order valence-corrected chi connectivity index (χ1v) is 6.46. The molecule has 1 aromatic carbocycles. The van der Waals surface area contributed by atoms with Crippen LogP contribution in [0.15, 0.2) is 17.0 Å². The van der Waals surface area contributed by atoms with E-state index in [-0.39, 0.29) is 6.54 Å². The lowest BCUT2D eigenvalue weighted by Crippen LogP contribution is -2.37. The summed E-state index contributed by atoms with van der Waals surface area (Å²) in [5.74, 6) is -4.12. The average Bonchev–Trinajstić information content (AvgIpc) is 2.13. The number of sulfonamides is 1. The van der Waals surface area contributed by atoms with Gasteiger partial charge < -0.3 is 5.73 Å². The largest absolute Gasteiger partial charge is 0.327 e. The fourth-order valence-electron chi connectivity index (χ4n) is 1.43. The van der Waals surface area contributed by atoms with Crippen LogP contribution in [0, 0.1) is 17.5 Å². The van der Waals surface area contributed by atoms with Gasteiger partial charge in [-0.05, 0) is 6.92 Å². The number of hydrogen-bond donors (Lipinski definition) is 1. The maximum Gasteiger partial charge on any atom is 0.248 e. The second kappa shape index (κ2) is 5.25. The van der Waals surface area contributed by atoms with E-state index in [2.05, 4.69) is 0 Å². The van der Waals surface area contributed by atoms with Crippen molar-refractivity contribution < 1.29 is 21.6 Å². The zero-order valence-electron chi connectivity index (χ0n) is 9.82. The molecule has 4 nitrogen and oxygen atoms in total. The van der Waals surface area contributed by atoms with Crippen LogP contribution in [0.5, 0.6) is 0 Å². The molecule has 0 radical (unpaired) electrons. The average molecular weight is 282 g/mol. The molecule has 102 valence electrons. The van der Waals surface area contributed by atoms with Crippen molar-refractivity contribution in [1.29, 1.82) is 0 Å². The summed E-state index contributed by atoms with van der Waals surface area (Å²) in [6, 6.07) is 0.127. The van der Waals surface area contributed by atoms with E-state index in [0.717, 1.165) is 11.4 Å². The summed E-state index contributed by atoms with van der Waals surface area (Å²) in [5.41, 5.74) is 5.41. The fourth-order valence-corrected chi connectivity index (χ4v) is 2.79. The van der Waals surface area contributed by atoms with Gasteiger partial charge in [-0.25, -0.2) is 21.6 Å². The molecule has 1 aromatic rings. The highest BCUT2D eigenvalue weighted by Gasteiger charge is 2.29. The van der Waals surface area contributed by atoms with E-state index < -0.39 is 38.4 Å². The summed E-state index contributed by atoms with van der Waals surface area (Å²) in [7, 11) is -3.24. The molecule has 1 rings (SSSR count). The van der Waals surface area contributed by atoms with E-state index in [1.165, 1.54) is 0 Å². The monoisotopic (exact) mass is 282 g/mol. The molecular formula is C10H13F3N2O2S. The second-order valence-electron chi connectivity index (χ2n) is 3.96. The van der Waals surface area contributed by atoms with Gasteiger partial charge >= 0.3 is 0 Å². The van der Waals surface area contributed by atoms with E-state index in [9.17, 15) is 21.6 Å². The van der Waals surface area contributed by atoms with Crippen molar-refractivity contribution in [1.82, 2.24) is 4.31 Å². The molecule has 0 heterocycles. The van der Waals surface area contributed by atoms with Gasteiger partial charge in [0, 0.05) is 31.8 Å². The Labute approximate surface area is 103 Å². The molecule has 18 heavy (non-hydrogen) atoms. The predicted octanol–water partition coefficient (Wildman–Crippen LogP) is 1.07. The van der Waals surface area contributed by atoms with Crippen LogP contribution >= 0.6 is 0 Å². The molecule has 2 N–H and O–H groups in total. The number of likely N-dealkylation sites (N-methyl/N-ethyl adjacent to an activating group) is 1. The van der Waals surface area contributed by atoms with Crippen LogP contribution in [0.3, 0.4) is 0 Å². The summed E-state index contributed by atoms with van der Waals surface area (Å²) < 4.78 is 64.0. The van der Waals surface area contributed by atoms with Gasteiger partial charge in [-0.2, -0.15) is 4.31 Å². The topological polar surface area (TPSA) is 63.4 Å². The summed E-state index contributed by atoms with van der Waals surface area (Å²) in [4.78, 5) is -1.17. The van der Waals surface area contributed by atoms with Crippen LogP contribution in [0.25, 0.3) is 0 Å². The van der Waals surface area contributed by atoms with Gasteiger partial charge in [0.25, 0.3) is 0 Å². The molecule has 0 spiro atoms. The second-order valence-corrected chi connectivity index (χ2v) is 5.94. The molecular weight excluding hydrogens is 269 g/mol. The fraction of sp³-hybridized carbons (Fsp3) is 0.400. The number of rotatable bonds is 4. The standard InChI is InChI=1S/C10H13F3N2O2S/c1-6(14)5-15(2)18(16,17)10-8(12)3-7(11)4-9(10)13/h3-4,6H,5,14H2,1-2H3. The molecule has 1 atom stereocenters. The van der Waals surface area contributed by atoms with Crippen LogP contribution in [0.1, 0.15) is 6.92 Å². The van der Waals surface area contributed by atoms with Gasteiger partial charge in [-0.15, -0.1) is 0 Å². The van der Waals surface area contributed by atoms with Crippen molar-refractivity contribution in [2.24, 2.45) is 5.73 Å². The van der Waals surface area contributed by atoms with Crippen molar-refractivity contribution in [3.8, 4) is 0 Å². The van der Waals surface area contributed by atoms with Gasteiger partial charge in [-0.3, -0.25) is 0 Å². The summed E-state index contributed by atoms with van der Waals surface area (Å²) >= 11 is 0. The number of nitrogens with zero attached hydrogens (tertiary/aromatic N) is 1. The molecule has 0 fully saturated rings. The molecule has 0 saturated heterocycles. The van der Waals surface area contributed by atoms with Gasteiger partial charge in [-0.1, -0.05) is 0 Å². The van der Waals surface area contributed by atoms with Crippen molar-refractivity contribution in [3.05, 3.63) is 29.6 Å². The number of halogens is 3. The van der Waals surface area contributed by atoms with Crippen molar-refractivity contribution in [2.75, 3.05) is 13.6 Å². The first kappa shape index (κ1) is 14.9. The van der Waals surface area contributed by atoms with E-state index in [4.69, 9.17) is 5.73 Å². The van der Waals surface area contributed by atoms with Crippen molar-refractivity contribution in [3.63, 3.8) is 0 Å². The Hall–Kier alpha value is -1.12. The maximum absolute atomic E-state index is 13.4. The molecule has 0 aliphatic carbocycles. The highest BCUT2D eigenvalue weighted by Crippen LogP contribution is 2.23. The third kappa shape index (κ3) is 3.01. The lowest BCUT2D eigenvalue weighted by molar-refractivity contribution is 0.429. The minimum absolute atomic E-state index is 0.113. The zero-order chi connectivity index (χ0) is 14.1. The Morgan fingerprint density at radius 3 is 2.11 bits per heavy atom. The lowest BCUT2D eigenvalue weighted by atomic mass is 10.3. The van der Waals surface area contributed by atoms with Gasteiger partial charge in [0.15, 0.2) is 4.90 Å². The Balaban J connectivity index is 3.29. The Morgan fingerprint density at radius 1 is 1.28 bits per heavy atom. The molecule has 0 aliphatic rings. The van der Waals surface area contributed by atoms with Crippen molar-refractivity contribution in [2.45, 2.75) is 17.9 Å². The highest BCUT2D eigenvalue weighted by atomic mass is 32.2. The maximum atomic E-state index is 13.4. The van der Waals surface area contributed by atoms with Gasteiger partial charge in [0.1, 0.15) is 17.5 Å². The van der Waals surface area contributed by atoms with Crippen molar-refractivity contribution >= 4 is 10.0 Å². The first-order valence-electron chi connectivity index (χ1n) is 5.02. The van der Waals surface area contributed by atoms with Crippen LogP contribution in [-0.4, -0.2) is 32.4 Å². The van der Waals surface area contributed by atoms with Gasteiger partial charge in [0.2, 0.25) is 10.0 Å². The van der Waals surface area contributed by atoms with Crippen LogP contribution < -0.4 is 5.73 Å². The zero-order valence-corrected chi connectivity index (χ0v) is 10.6. The van der Waals surface area contributed by atoms with E-state index in [1.807, 2.05) is 0 Å². The molecule has 0 aromatic heterocycles. The van der Waals surface area contributed by atoms with Crippen LogP contribution in [-0.2, 0) is 10.0 Å². The van der Waals surface area contributed by atoms with Crippen LogP contribution in [0.2, 0.25) is 0 Å². The van der Waals surface area contributed by atoms with E-state index >= 15 is 0 Å². The SMILES string of the molecule is CC(N)CN(C)S(=O)(=O)c1c(F)cc(F)cc1F. The Bertz CT molecular complexity index is 523.